The number of hydrogen-bond acceptors (Lipinski definition) is 3. The number of benzene rings is 1. The van der Waals surface area contributed by atoms with Crippen molar-refractivity contribution >= 4 is 5.91 Å². The molecule has 1 N–H and O–H groups in total. The summed E-state index contributed by atoms with van der Waals surface area (Å²) in [5.41, 5.74) is 1.40. The predicted molar refractivity (Wildman–Crippen MR) is 72.4 cm³/mol. The lowest BCUT2D eigenvalue weighted by Gasteiger charge is -2.22. The second kappa shape index (κ2) is 5.22. The van der Waals surface area contributed by atoms with E-state index >= 15 is 0 Å². The Hall–Kier alpha value is -2.17. The van der Waals surface area contributed by atoms with Gasteiger partial charge in [-0.2, -0.15) is 0 Å². The molecule has 0 aliphatic carbocycles. The summed E-state index contributed by atoms with van der Waals surface area (Å²) in [5.74, 6) is -0.0809. The minimum Gasteiger partial charge on any atom is -0.346 e. The molecule has 0 saturated carbocycles. The number of nitrogens with one attached hydrogen (secondary N) is 1. The topological polar surface area (TPSA) is 59.8 Å². The Balaban J connectivity index is 2.13. The van der Waals surface area contributed by atoms with E-state index in [1.807, 2.05) is 50.4 Å². The first kappa shape index (κ1) is 13.3. The highest BCUT2D eigenvalue weighted by atomic mass is 16.1. The van der Waals surface area contributed by atoms with Gasteiger partial charge in [0.15, 0.2) is 0 Å². The third-order valence-electron chi connectivity index (χ3n) is 2.85. The number of hydrogen-bond donors (Lipinski definition) is 1. The molecule has 5 nitrogen and oxygen atoms in total. The lowest BCUT2D eigenvalue weighted by Crippen LogP contribution is -2.40. The predicted octanol–water partition coefficient (Wildman–Crippen LogP) is 1.70. The zero-order valence-corrected chi connectivity index (χ0v) is 11.4. The highest BCUT2D eigenvalue weighted by molar-refractivity contribution is 5.73. The largest absolute Gasteiger partial charge is 0.346 e. The summed E-state index contributed by atoms with van der Waals surface area (Å²) in [6.07, 6.45) is 1.86. The van der Waals surface area contributed by atoms with Gasteiger partial charge in [-0.3, -0.25) is 4.79 Å². The van der Waals surface area contributed by atoms with Crippen LogP contribution in [0.25, 0.3) is 0 Å². The van der Waals surface area contributed by atoms with Crippen LogP contribution in [0.4, 0.5) is 0 Å². The van der Waals surface area contributed by atoms with E-state index in [1.54, 1.807) is 4.68 Å². The quantitative estimate of drug-likeness (QED) is 0.908. The Morgan fingerprint density at radius 2 is 2.00 bits per heavy atom. The van der Waals surface area contributed by atoms with Gasteiger partial charge < -0.3 is 5.32 Å². The van der Waals surface area contributed by atoms with Gasteiger partial charge in [0.1, 0.15) is 5.69 Å². The Kier molecular flexibility index (Phi) is 3.64. The molecule has 2 rings (SSSR count). The van der Waals surface area contributed by atoms with Crippen molar-refractivity contribution in [3.63, 3.8) is 0 Å². The van der Waals surface area contributed by atoms with E-state index in [1.165, 1.54) is 6.92 Å². The number of carbonyl (C=O) groups excluding carboxylic acids is 1. The van der Waals surface area contributed by atoms with Crippen molar-refractivity contribution < 1.29 is 4.79 Å². The molecule has 2 aromatic rings. The minimum atomic E-state index is -0.513. The summed E-state index contributed by atoms with van der Waals surface area (Å²) < 4.78 is 1.77. The molecule has 0 spiro atoms. The van der Waals surface area contributed by atoms with Crippen LogP contribution in [0.1, 0.15) is 32.0 Å². The summed E-state index contributed by atoms with van der Waals surface area (Å²) in [7, 11) is 0. The van der Waals surface area contributed by atoms with Crippen LogP contribution >= 0.6 is 0 Å². The molecule has 1 amide bonds. The molecule has 5 heteroatoms. The lowest BCUT2D eigenvalue weighted by atomic mass is 10.0. The van der Waals surface area contributed by atoms with Gasteiger partial charge in [0.05, 0.1) is 18.3 Å². The maximum absolute atomic E-state index is 11.2. The van der Waals surface area contributed by atoms with Gasteiger partial charge in [-0.1, -0.05) is 35.5 Å². The number of nitrogens with zero attached hydrogens (tertiary/aromatic N) is 3. The Morgan fingerprint density at radius 3 is 2.63 bits per heavy atom. The second-order valence-electron chi connectivity index (χ2n) is 5.09. The van der Waals surface area contributed by atoms with Gasteiger partial charge in [-0.15, -0.1) is 5.10 Å². The number of amides is 1. The molecule has 0 aliphatic heterocycles. The van der Waals surface area contributed by atoms with Crippen molar-refractivity contribution in [1.82, 2.24) is 20.3 Å². The van der Waals surface area contributed by atoms with Gasteiger partial charge in [0, 0.05) is 6.92 Å². The first-order chi connectivity index (χ1) is 8.97. The lowest BCUT2D eigenvalue weighted by molar-refractivity contribution is -0.120. The van der Waals surface area contributed by atoms with Crippen LogP contribution in [-0.4, -0.2) is 20.9 Å². The Bertz CT molecular complexity index is 560. The third kappa shape index (κ3) is 3.40. The van der Waals surface area contributed by atoms with Crippen LogP contribution in [0.2, 0.25) is 0 Å². The van der Waals surface area contributed by atoms with Gasteiger partial charge in [0.25, 0.3) is 0 Å². The molecule has 100 valence electrons. The SMILES string of the molecule is CC(=O)NC(C)(C)c1cn(Cc2ccccc2)nn1. The summed E-state index contributed by atoms with van der Waals surface area (Å²) in [4.78, 5) is 11.2. The molecule has 0 atom stereocenters. The molecule has 0 saturated heterocycles. The van der Waals surface area contributed by atoms with Crippen molar-refractivity contribution in [2.45, 2.75) is 32.9 Å². The average Bonchev–Trinajstić information content (AvgIpc) is 2.78. The molecule has 0 fully saturated rings. The first-order valence-corrected chi connectivity index (χ1v) is 6.21. The summed E-state index contributed by atoms with van der Waals surface area (Å²) in [6.45, 7) is 5.98. The van der Waals surface area contributed by atoms with Crippen LogP contribution in [-0.2, 0) is 16.9 Å². The van der Waals surface area contributed by atoms with E-state index in [9.17, 15) is 4.79 Å². The van der Waals surface area contributed by atoms with E-state index in [0.717, 1.165) is 11.3 Å². The van der Waals surface area contributed by atoms with E-state index in [4.69, 9.17) is 0 Å². The highest BCUT2D eigenvalue weighted by Crippen LogP contribution is 2.17. The zero-order chi connectivity index (χ0) is 13.9. The van der Waals surface area contributed by atoms with Crippen molar-refractivity contribution in [2.24, 2.45) is 0 Å². The minimum absolute atomic E-state index is 0.0809. The maximum Gasteiger partial charge on any atom is 0.217 e. The van der Waals surface area contributed by atoms with Crippen LogP contribution in [0.3, 0.4) is 0 Å². The molecular formula is C14H18N4O. The van der Waals surface area contributed by atoms with Crippen molar-refractivity contribution in [3.05, 3.63) is 47.8 Å². The molecule has 0 unspecified atom stereocenters. The molecular weight excluding hydrogens is 240 g/mol. The van der Waals surface area contributed by atoms with Crippen molar-refractivity contribution in [2.75, 3.05) is 0 Å². The van der Waals surface area contributed by atoms with E-state index in [2.05, 4.69) is 15.6 Å². The zero-order valence-electron chi connectivity index (χ0n) is 11.4. The Labute approximate surface area is 112 Å². The molecule has 19 heavy (non-hydrogen) atoms. The number of carbonyl (C=O) groups is 1. The van der Waals surface area contributed by atoms with E-state index in [0.29, 0.717) is 6.54 Å². The van der Waals surface area contributed by atoms with Crippen LogP contribution in [0, 0.1) is 0 Å². The summed E-state index contributed by atoms with van der Waals surface area (Å²) >= 11 is 0. The molecule has 0 bridgehead atoms. The van der Waals surface area contributed by atoms with Gasteiger partial charge in [0.2, 0.25) is 5.91 Å². The summed E-state index contributed by atoms with van der Waals surface area (Å²) in [5, 5.41) is 11.1. The fourth-order valence-corrected chi connectivity index (χ4v) is 1.94. The highest BCUT2D eigenvalue weighted by Gasteiger charge is 2.24. The average molecular weight is 258 g/mol. The van der Waals surface area contributed by atoms with Gasteiger partial charge >= 0.3 is 0 Å². The smallest absolute Gasteiger partial charge is 0.217 e. The first-order valence-electron chi connectivity index (χ1n) is 6.21. The molecule has 0 aliphatic rings. The normalized spacial score (nSPS) is 11.3. The number of aromatic nitrogens is 3. The van der Waals surface area contributed by atoms with Crippen LogP contribution in [0.15, 0.2) is 36.5 Å². The molecule has 1 aromatic carbocycles. The van der Waals surface area contributed by atoms with Gasteiger partial charge in [-0.05, 0) is 19.4 Å². The fourth-order valence-electron chi connectivity index (χ4n) is 1.94. The number of rotatable bonds is 4. The van der Waals surface area contributed by atoms with Crippen LogP contribution < -0.4 is 5.32 Å². The summed E-state index contributed by atoms with van der Waals surface area (Å²) in [6, 6.07) is 10.1. The van der Waals surface area contributed by atoms with E-state index in [-0.39, 0.29) is 5.91 Å². The third-order valence-corrected chi connectivity index (χ3v) is 2.85. The molecule has 0 radical (unpaired) electrons. The standard InChI is InChI=1S/C14H18N4O/c1-11(19)15-14(2,3)13-10-18(17-16-13)9-12-7-5-4-6-8-12/h4-8,10H,9H2,1-3H3,(H,15,19). The van der Waals surface area contributed by atoms with Gasteiger partial charge in [-0.25, -0.2) is 4.68 Å². The second-order valence-corrected chi connectivity index (χ2v) is 5.09. The van der Waals surface area contributed by atoms with Crippen molar-refractivity contribution in [1.29, 1.82) is 0 Å². The molecule has 1 heterocycles. The fraction of sp³-hybridized carbons (Fsp3) is 0.357. The van der Waals surface area contributed by atoms with Crippen molar-refractivity contribution in [3.8, 4) is 0 Å². The van der Waals surface area contributed by atoms with Crippen LogP contribution in [0.5, 0.6) is 0 Å². The molecule has 1 aromatic heterocycles. The Morgan fingerprint density at radius 1 is 1.32 bits per heavy atom. The van der Waals surface area contributed by atoms with E-state index < -0.39 is 5.54 Å². The maximum atomic E-state index is 11.2. The monoisotopic (exact) mass is 258 g/mol.